The number of hydrogen-bond acceptors (Lipinski definition) is 0. The van der Waals surface area contributed by atoms with E-state index >= 15 is 0 Å². The van der Waals surface area contributed by atoms with E-state index in [-0.39, 0.29) is 0 Å². The summed E-state index contributed by atoms with van der Waals surface area (Å²) in [6, 6.07) is 60.0. The van der Waals surface area contributed by atoms with Gasteiger partial charge in [-0.05, 0) is 78.7 Å². The molecule has 0 fully saturated rings. The van der Waals surface area contributed by atoms with Crippen LogP contribution in [-0.2, 0) is 0 Å². The van der Waals surface area contributed by atoms with Crippen LogP contribution in [0.4, 0.5) is 0 Å². The topological polar surface area (TPSA) is 14.8 Å². The molecular weight excluding hydrogens is 619 g/mol. The summed E-state index contributed by atoms with van der Waals surface area (Å²) >= 11 is 0. The van der Waals surface area contributed by atoms with Gasteiger partial charge in [0, 0.05) is 55.3 Å². The Bertz CT molecular complexity index is 3040. The average Bonchev–Trinajstić information content (AvgIpc) is 3.83. The van der Waals surface area contributed by atoms with Crippen LogP contribution in [0.15, 0.2) is 182 Å². The molecule has 3 heterocycles. The Labute approximate surface area is 295 Å². The van der Waals surface area contributed by atoms with Gasteiger partial charge in [-0.2, -0.15) is 0 Å². The van der Waals surface area contributed by atoms with Gasteiger partial charge in [-0.15, -0.1) is 0 Å². The molecule has 3 nitrogen and oxygen atoms in total. The normalized spacial score (nSPS) is 14.8. The molecule has 3 aromatic heterocycles. The lowest BCUT2D eigenvalue weighted by molar-refractivity contribution is 0.849. The first-order chi connectivity index (χ1) is 25.3. The van der Waals surface area contributed by atoms with Crippen LogP contribution in [0.25, 0.3) is 82.5 Å². The van der Waals surface area contributed by atoms with Gasteiger partial charge in [0.25, 0.3) is 0 Å². The summed E-state index contributed by atoms with van der Waals surface area (Å²) in [4.78, 5) is 0. The summed E-state index contributed by atoms with van der Waals surface area (Å²) < 4.78 is 7.33. The van der Waals surface area contributed by atoms with Gasteiger partial charge in [-0.1, -0.05) is 115 Å². The van der Waals surface area contributed by atoms with Gasteiger partial charge in [0.2, 0.25) is 0 Å². The molecule has 1 aliphatic rings. The number of nitrogens with zero attached hydrogens (tertiary/aromatic N) is 3. The molecule has 1 atom stereocenters. The van der Waals surface area contributed by atoms with Crippen LogP contribution in [0, 0.1) is 0 Å². The van der Waals surface area contributed by atoms with Crippen molar-refractivity contribution >= 4 is 71.1 Å². The summed E-state index contributed by atoms with van der Waals surface area (Å²) in [5.41, 5.74) is 12.2. The predicted octanol–water partition coefficient (Wildman–Crippen LogP) is 12.6. The van der Waals surface area contributed by atoms with Crippen molar-refractivity contribution in [2.24, 2.45) is 0 Å². The van der Waals surface area contributed by atoms with Crippen molar-refractivity contribution in [3.8, 4) is 11.4 Å². The monoisotopic (exact) mass is 651 g/mol. The molecule has 240 valence electrons. The standard InChI is InChI=1S/C48H33N3/c1-3-14-32(15-4-1)33-16-13-19-35(28-33)50-44-24-11-7-20-37(44)40-29-36(26-27-46(40)50)51-45-25-12-9-22-39(45)42-30-41-38-21-8-10-23-43(38)49(47(41)31-48(42)51)34-17-5-2-6-18-34/h1-15,17-31,33H,16H2. The zero-order valence-electron chi connectivity index (χ0n) is 27.9. The molecule has 0 aliphatic heterocycles. The van der Waals surface area contributed by atoms with Crippen molar-refractivity contribution in [3.05, 3.63) is 188 Å². The van der Waals surface area contributed by atoms with E-state index in [1.165, 1.54) is 82.4 Å². The van der Waals surface area contributed by atoms with Crippen LogP contribution in [-0.4, -0.2) is 13.7 Å². The molecular formula is C48H33N3. The van der Waals surface area contributed by atoms with Crippen molar-refractivity contribution in [1.29, 1.82) is 0 Å². The van der Waals surface area contributed by atoms with Crippen LogP contribution in [0.5, 0.6) is 0 Å². The van der Waals surface area contributed by atoms with Crippen LogP contribution < -0.4 is 0 Å². The molecule has 0 amide bonds. The maximum atomic E-state index is 2.47. The van der Waals surface area contributed by atoms with Crippen molar-refractivity contribution in [2.75, 3.05) is 0 Å². The average molecular weight is 652 g/mol. The lowest BCUT2D eigenvalue weighted by Gasteiger charge is -2.19. The SMILES string of the molecule is C1=CC(n2c3ccccc3c3cc(-n4c5ccccc5c5cc6c7ccccc7n(-c7ccccc7)c6cc54)ccc32)=CC(c2ccccc2)C1. The van der Waals surface area contributed by atoms with E-state index in [0.29, 0.717) is 5.92 Å². The summed E-state index contributed by atoms with van der Waals surface area (Å²) in [5, 5.41) is 7.58. The van der Waals surface area contributed by atoms with Gasteiger partial charge in [0.15, 0.2) is 0 Å². The molecule has 0 saturated carbocycles. The van der Waals surface area contributed by atoms with Crippen molar-refractivity contribution in [1.82, 2.24) is 13.7 Å². The largest absolute Gasteiger partial charge is 0.310 e. The second kappa shape index (κ2) is 11.0. The molecule has 0 spiro atoms. The molecule has 1 unspecified atom stereocenters. The fourth-order valence-corrected chi connectivity index (χ4v) is 8.69. The smallest absolute Gasteiger partial charge is 0.0562 e. The molecule has 0 radical (unpaired) electrons. The fourth-order valence-electron chi connectivity index (χ4n) is 8.69. The maximum Gasteiger partial charge on any atom is 0.0562 e. The first kappa shape index (κ1) is 28.3. The zero-order chi connectivity index (χ0) is 33.5. The Morgan fingerprint density at radius 3 is 1.53 bits per heavy atom. The van der Waals surface area contributed by atoms with Gasteiger partial charge >= 0.3 is 0 Å². The van der Waals surface area contributed by atoms with Gasteiger partial charge in [0.1, 0.15) is 0 Å². The number of aromatic nitrogens is 3. The first-order valence-corrected chi connectivity index (χ1v) is 17.8. The minimum absolute atomic E-state index is 0.350. The number of fused-ring (bicyclic) bond motifs is 9. The van der Waals surface area contributed by atoms with Gasteiger partial charge in [-0.3, -0.25) is 0 Å². The molecule has 0 bridgehead atoms. The highest BCUT2D eigenvalue weighted by Crippen LogP contribution is 2.41. The lowest BCUT2D eigenvalue weighted by atomic mass is 9.91. The Hall–Kier alpha value is -6.58. The predicted molar refractivity (Wildman–Crippen MR) is 215 cm³/mol. The number of hydrogen-bond donors (Lipinski definition) is 0. The maximum absolute atomic E-state index is 2.47. The number of para-hydroxylation sites is 4. The molecule has 11 rings (SSSR count). The fraction of sp³-hybridized carbons (Fsp3) is 0.0417. The Kier molecular flexibility index (Phi) is 6.08. The zero-order valence-corrected chi connectivity index (χ0v) is 27.9. The van der Waals surface area contributed by atoms with E-state index in [4.69, 9.17) is 0 Å². The molecule has 1 aliphatic carbocycles. The summed E-state index contributed by atoms with van der Waals surface area (Å²) in [6.45, 7) is 0. The molecule has 7 aromatic carbocycles. The Morgan fingerprint density at radius 1 is 0.373 bits per heavy atom. The minimum Gasteiger partial charge on any atom is -0.310 e. The summed E-state index contributed by atoms with van der Waals surface area (Å²) in [6.07, 6.45) is 8.08. The molecule has 51 heavy (non-hydrogen) atoms. The van der Waals surface area contributed by atoms with E-state index in [1.54, 1.807) is 0 Å². The molecule has 3 heteroatoms. The number of allylic oxidation sites excluding steroid dienone is 4. The third-order valence-electron chi connectivity index (χ3n) is 10.9. The summed E-state index contributed by atoms with van der Waals surface area (Å²) in [7, 11) is 0. The van der Waals surface area contributed by atoms with Crippen molar-refractivity contribution in [3.63, 3.8) is 0 Å². The van der Waals surface area contributed by atoms with Crippen molar-refractivity contribution < 1.29 is 0 Å². The second-order valence-electron chi connectivity index (χ2n) is 13.7. The van der Waals surface area contributed by atoms with Crippen LogP contribution in [0.1, 0.15) is 17.9 Å². The number of benzene rings is 7. The minimum atomic E-state index is 0.350. The third kappa shape index (κ3) is 4.18. The second-order valence-corrected chi connectivity index (χ2v) is 13.7. The van der Waals surface area contributed by atoms with Gasteiger partial charge in [-0.25, -0.2) is 0 Å². The Morgan fingerprint density at radius 2 is 0.882 bits per heavy atom. The molecule has 10 aromatic rings. The van der Waals surface area contributed by atoms with E-state index in [2.05, 4.69) is 196 Å². The lowest BCUT2D eigenvalue weighted by Crippen LogP contribution is -2.03. The highest BCUT2D eigenvalue weighted by molar-refractivity contribution is 6.19. The van der Waals surface area contributed by atoms with Crippen LogP contribution in [0.2, 0.25) is 0 Å². The van der Waals surface area contributed by atoms with Gasteiger partial charge < -0.3 is 13.7 Å². The first-order valence-electron chi connectivity index (χ1n) is 17.8. The third-order valence-corrected chi connectivity index (χ3v) is 10.9. The van der Waals surface area contributed by atoms with E-state index in [0.717, 1.165) is 12.1 Å². The Balaban J connectivity index is 1.17. The van der Waals surface area contributed by atoms with Crippen LogP contribution >= 0.6 is 0 Å². The van der Waals surface area contributed by atoms with Crippen molar-refractivity contribution in [2.45, 2.75) is 12.3 Å². The van der Waals surface area contributed by atoms with E-state index < -0.39 is 0 Å². The van der Waals surface area contributed by atoms with E-state index in [1.807, 2.05) is 0 Å². The molecule has 0 saturated heterocycles. The molecule has 0 N–H and O–H groups in total. The number of rotatable bonds is 4. The van der Waals surface area contributed by atoms with Crippen LogP contribution in [0.3, 0.4) is 0 Å². The highest BCUT2D eigenvalue weighted by Gasteiger charge is 2.21. The highest BCUT2D eigenvalue weighted by atomic mass is 15.0. The van der Waals surface area contributed by atoms with Gasteiger partial charge in [0.05, 0.1) is 33.1 Å². The van der Waals surface area contributed by atoms with E-state index in [9.17, 15) is 0 Å². The summed E-state index contributed by atoms with van der Waals surface area (Å²) in [5.74, 6) is 0.350. The quantitative estimate of drug-likeness (QED) is 0.180.